The molecule has 0 saturated carbocycles. The number of sulfonamides is 1. The van der Waals surface area contributed by atoms with Gasteiger partial charge in [-0.25, -0.2) is 12.7 Å². The molecule has 1 unspecified atom stereocenters. The van der Waals surface area contributed by atoms with Gasteiger partial charge in [-0.15, -0.1) is 0 Å². The van der Waals surface area contributed by atoms with E-state index in [1.165, 1.54) is 0 Å². The molecule has 0 bridgehead atoms. The summed E-state index contributed by atoms with van der Waals surface area (Å²) >= 11 is 0. The lowest BCUT2D eigenvalue weighted by atomic mass is 9.86. The molecule has 2 saturated heterocycles. The Morgan fingerprint density at radius 1 is 1.47 bits per heavy atom. The van der Waals surface area contributed by atoms with Crippen molar-refractivity contribution in [2.24, 2.45) is 5.41 Å². The van der Waals surface area contributed by atoms with E-state index >= 15 is 0 Å². The molecule has 0 aromatic rings. The summed E-state index contributed by atoms with van der Waals surface area (Å²) in [5, 5.41) is 2.81. The Labute approximate surface area is 103 Å². The van der Waals surface area contributed by atoms with Crippen LogP contribution in [0.25, 0.3) is 0 Å². The van der Waals surface area contributed by atoms with Crippen LogP contribution in [0, 0.1) is 5.41 Å². The average Bonchev–Trinajstić information content (AvgIpc) is 2.84. The van der Waals surface area contributed by atoms with Crippen LogP contribution in [0.5, 0.6) is 0 Å². The van der Waals surface area contributed by atoms with Crippen molar-refractivity contribution in [3.63, 3.8) is 0 Å². The number of hydrogen-bond acceptors (Lipinski definition) is 3. The zero-order valence-electron chi connectivity index (χ0n) is 10.2. The first-order chi connectivity index (χ1) is 7.97. The number of nitrogens with one attached hydrogen (secondary N) is 1. The highest BCUT2D eigenvalue weighted by molar-refractivity contribution is 7.89. The van der Waals surface area contributed by atoms with Gasteiger partial charge in [-0.3, -0.25) is 4.79 Å². The lowest BCUT2D eigenvalue weighted by molar-refractivity contribution is -0.119. The molecule has 5 nitrogen and oxygen atoms in total. The standard InChI is InChI=1S/C11H20N2O3S/c1-2-3-6-17(15,16)13-5-4-11(9-13)7-10(14)12-8-11/h2-9H2,1H3,(H,12,14). The fraction of sp³-hybridized carbons (Fsp3) is 0.909. The van der Waals surface area contributed by atoms with Gasteiger partial charge < -0.3 is 5.32 Å². The summed E-state index contributed by atoms with van der Waals surface area (Å²) in [5.41, 5.74) is -0.129. The molecule has 2 fully saturated rings. The van der Waals surface area contributed by atoms with Crippen molar-refractivity contribution < 1.29 is 13.2 Å². The molecule has 1 N–H and O–H groups in total. The van der Waals surface area contributed by atoms with Crippen molar-refractivity contribution in [1.82, 2.24) is 9.62 Å². The van der Waals surface area contributed by atoms with E-state index in [-0.39, 0.29) is 17.1 Å². The topological polar surface area (TPSA) is 66.5 Å². The molecule has 17 heavy (non-hydrogen) atoms. The Morgan fingerprint density at radius 2 is 2.24 bits per heavy atom. The third-order valence-corrected chi connectivity index (χ3v) is 5.65. The van der Waals surface area contributed by atoms with Gasteiger partial charge in [-0.2, -0.15) is 0 Å². The molecule has 6 heteroatoms. The molecule has 0 radical (unpaired) electrons. The van der Waals surface area contributed by atoms with Crippen molar-refractivity contribution in [3.8, 4) is 0 Å². The van der Waals surface area contributed by atoms with Gasteiger partial charge in [0.25, 0.3) is 0 Å². The van der Waals surface area contributed by atoms with Crippen molar-refractivity contribution in [1.29, 1.82) is 0 Å². The summed E-state index contributed by atoms with van der Waals surface area (Å²) in [6.45, 7) is 3.70. The normalized spacial score (nSPS) is 30.1. The Kier molecular flexibility index (Phi) is 3.45. The third kappa shape index (κ3) is 2.63. The summed E-state index contributed by atoms with van der Waals surface area (Å²) in [7, 11) is -3.11. The Bertz CT molecular complexity index is 407. The number of carbonyl (C=O) groups is 1. The zero-order valence-corrected chi connectivity index (χ0v) is 11.1. The van der Waals surface area contributed by atoms with Crippen LogP contribution in [0.2, 0.25) is 0 Å². The lowest BCUT2D eigenvalue weighted by Gasteiger charge is -2.21. The minimum Gasteiger partial charge on any atom is -0.355 e. The summed E-state index contributed by atoms with van der Waals surface area (Å²) in [4.78, 5) is 11.3. The molecule has 2 aliphatic heterocycles. The van der Waals surface area contributed by atoms with Gasteiger partial charge in [-0.1, -0.05) is 13.3 Å². The Hall–Kier alpha value is -0.620. The van der Waals surface area contributed by atoms with E-state index in [2.05, 4.69) is 5.32 Å². The van der Waals surface area contributed by atoms with Crippen molar-refractivity contribution in [3.05, 3.63) is 0 Å². The highest BCUT2D eigenvalue weighted by atomic mass is 32.2. The second-order valence-corrected chi connectivity index (χ2v) is 7.30. The molecule has 0 aromatic heterocycles. The second kappa shape index (κ2) is 4.57. The van der Waals surface area contributed by atoms with E-state index in [1.54, 1.807) is 4.31 Å². The van der Waals surface area contributed by atoms with Gasteiger partial charge in [0.1, 0.15) is 0 Å². The molecule has 2 aliphatic rings. The summed E-state index contributed by atoms with van der Waals surface area (Å²) in [6.07, 6.45) is 2.88. The maximum atomic E-state index is 12.0. The number of rotatable bonds is 4. The van der Waals surface area contributed by atoms with Crippen LogP contribution in [0.4, 0.5) is 0 Å². The molecule has 1 spiro atoms. The molecular weight excluding hydrogens is 240 g/mol. The van der Waals surface area contributed by atoms with Crippen molar-refractivity contribution >= 4 is 15.9 Å². The Balaban J connectivity index is 2.00. The lowest BCUT2D eigenvalue weighted by Crippen LogP contribution is -2.34. The number of amides is 1. The Morgan fingerprint density at radius 3 is 2.82 bits per heavy atom. The number of nitrogens with zero attached hydrogens (tertiary/aromatic N) is 1. The minimum absolute atomic E-state index is 0.0535. The van der Waals surface area contributed by atoms with Crippen LogP contribution in [0.3, 0.4) is 0 Å². The average molecular weight is 260 g/mol. The quantitative estimate of drug-likeness (QED) is 0.792. The fourth-order valence-corrected chi connectivity index (χ4v) is 4.38. The van der Waals surface area contributed by atoms with E-state index in [0.717, 1.165) is 12.8 Å². The van der Waals surface area contributed by atoms with E-state index in [9.17, 15) is 13.2 Å². The third-order valence-electron chi connectivity index (χ3n) is 3.75. The molecule has 0 aliphatic carbocycles. The van der Waals surface area contributed by atoms with Crippen molar-refractivity contribution in [2.45, 2.75) is 32.6 Å². The molecule has 1 amide bonds. The highest BCUT2D eigenvalue weighted by Crippen LogP contribution is 2.37. The molecule has 1 atom stereocenters. The van der Waals surface area contributed by atoms with E-state index < -0.39 is 10.0 Å². The number of unbranched alkanes of at least 4 members (excludes halogenated alkanes) is 1. The first-order valence-electron chi connectivity index (χ1n) is 6.22. The van der Waals surface area contributed by atoms with Gasteiger partial charge in [0.15, 0.2) is 0 Å². The van der Waals surface area contributed by atoms with E-state index in [4.69, 9.17) is 0 Å². The molecular formula is C11H20N2O3S. The zero-order chi connectivity index (χ0) is 12.5. The number of hydrogen-bond donors (Lipinski definition) is 1. The second-order valence-electron chi connectivity index (χ2n) is 5.21. The van der Waals surface area contributed by atoms with E-state index in [0.29, 0.717) is 32.5 Å². The maximum absolute atomic E-state index is 12.0. The minimum atomic E-state index is -3.11. The van der Waals surface area contributed by atoms with Gasteiger partial charge in [0.05, 0.1) is 5.75 Å². The SMILES string of the molecule is CCCCS(=O)(=O)N1CCC2(CNC(=O)C2)C1. The van der Waals surface area contributed by atoms with Crippen LogP contribution in [-0.4, -0.2) is 44.0 Å². The van der Waals surface area contributed by atoms with Crippen molar-refractivity contribution in [2.75, 3.05) is 25.4 Å². The predicted molar refractivity (Wildman–Crippen MR) is 64.9 cm³/mol. The van der Waals surface area contributed by atoms with Crippen LogP contribution < -0.4 is 5.32 Å². The molecule has 0 aromatic carbocycles. The molecule has 98 valence electrons. The van der Waals surface area contributed by atoms with Crippen LogP contribution in [0.15, 0.2) is 0 Å². The van der Waals surface area contributed by atoms with E-state index in [1.807, 2.05) is 6.92 Å². The largest absolute Gasteiger partial charge is 0.355 e. The highest BCUT2D eigenvalue weighted by Gasteiger charge is 2.46. The molecule has 2 heterocycles. The molecule has 2 rings (SSSR count). The van der Waals surface area contributed by atoms with Gasteiger partial charge in [0.2, 0.25) is 15.9 Å². The van der Waals surface area contributed by atoms with Crippen LogP contribution in [0.1, 0.15) is 32.6 Å². The number of carbonyl (C=O) groups excluding carboxylic acids is 1. The summed E-state index contributed by atoms with van der Waals surface area (Å²) < 4.78 is 25.6. The van der Waals surface area contributed by atoms with Gasteiger partial charge >= 0.3 is 0 Å². The monoisotopic (exact) mass is 260 g/mol. The van der Waals surface area contributed by atoms with Crippen LogP contribution >= 0.6 is 0 Å². The predicted octanol–water partition coefficient (Wildman–Crippen LogP) is 0.328. The summed E-state index contributed by atoms with van der Waals surface area (Å²) in [6, 6.07) is 0. The summed E-state index contributed by atoms with van der Waals surface area (Å²) in [5.74, 6) is 0.291. The first-order valence-corrected chi connectivity index (χ1v) is 7.83. The van der Waals surface area contributed by atoms with Gasteiger partial charge in [-0.05, 0) is 12.8 Å². The maximum Gasteiger partial charge on any atom is 0.220 e. The smallest absolute Gasteiger partial charge is 0.220 e. The van der Waals surface area contributed by atoms with Crippen LogP contribution in [-0.2, 0) is 14.8 Å². The first kappa shape index (κ1) is 12.8. The van der Waals surface area contributed by atoms with Gasteiger partial charge in [0, 0.05) is 31.5 Å². The fourth-order valence-electron chi connectivity index (χ4n) is 2.63.